The summed E-state index contributed by atoms with van der Waals surface area (Å²) in [5.41, 5.74) is 2.58. The zero-order valence-corrected chi connectivity index (χ0v) is 28.2. The van der Waals surface area contributed by atoms with Crippen molar-refractivity contribution in [2.75, 3.05) is 23.7 Å². The number of aromatic nitrogens is 2. The topological polar surface area (TPSA) is 138 Å². The number of likely N-dealkylation sites (tertiary alicyclic amines) is 2. The van der Waals surface area contributed by atoms with Gasteiger partial charge in [0, 0.05) is 45.3 Å². The van der Waals surface area contributed by atoms with Crippen LogP contribution in [0.2, 0.25) is 0 Å². The first-order chi connectivity index (χ1) is 23.9. The largest absolute Gasteiger partial charge is 0.416 e. The minimum absolute atomic E-state index is 0.0313. The molecule has 2 N–H and O–H groups in total. The van der Waals surface area contributed by atoms with Gasteiger partial charge in [-0.3, -0.25) is 19.2 Å². The summed E-state index contributed by atoms with van der Waals surface area (Å²) < 4.78 is 5.94. The molecule has 0 bridgehead atoms. The van der Waals surface area contributed by atoms with E-state index in [1.807, 2.05) is 35.0 Å². The van der Waals surface area contributed by atoms with Crippen molar-refractivity contribution < 1.29 is 23.6 Å². The van der Waals surface area contributed by atoms with E-state index >= 15 is 0 Å². The molecule has 0 spiro atoms. The van der Waals surface area contributed by atoms with Crippen LogP contribution in [0.5, 0.6) is 0 Å². The molecule has 4 amide bonds. The van der Waals surface area contributed by atoms with Gasteiger partial charge in [0.05, 0.1) is 12.8 Å². The van der Waals surface area contributed by atoms with E-state index in [0.717, 1.165) is 22.6 Å². The molecular weight excluding hydrogens is 661 g/mol. The van der Waals surface area contributed by atoms with Crippen LogP contribution >= 0.6 is 22.7 Å². The smallest absolute Gasteiger partial charge is 0.248 e. The molecule has 5 heterocycles. The molecule has 0 radical (unpaired) electrons. The Morgan fingerprint density at radius 3 is 1.47 bits per heavy atom. The Kier molecular flexibility index (Phi) is 9.62. The van der Waals surface area contributed by atoms with Crippen molar-refractivity contribution >= 4 is 57.7 Å². The fourth-order valence-corrected chi connectivity index (χ4v) is 7.69. The number of hydrogen-bond acceptors (Lipinski definition) is 9. The first-order valence-corrected chi connectivity index (χ1v) is 18.0. The second-order valence-electron chi connectivity index (χ2n) is 12.0. The Morgan fingerprint density at radius 2 is 1.08 bits per heavy atom. The van der Waals surface area contributed by atoms with Gasteiger partial charge in [-0.25, -0.2) is 0 Å². The van der Waals surface area contributed by atoms with Gasteiger partial charge in [0.1, 0.15) is 12.1 Å². The number of amides is 4. The van der Waals surface area contributed by atoms with Crippen molar-refractivity contribution in [3.8, 4) is 22.9 Å². The summed E-state index contributed by atoms with van der Waals surface area (Å²) in [5, 5.41) is 18.2. The number of carbonyl (C=O) groups is 4. The molecule has 5 aromatic rings. The minimum Gasteiger partial charge on any atom is -0.416 e. The van der Waals surface area contributed by atoms with E-state index in [0.29, 0.717) is 73.1 Å². The number of hydrogen-bond donors (Lipinski definition) is 2. The van der Waals surface area contributed by atoms with Crippen LogP contribution in [0, 0.1) is 0 Å². The molecule has 2 fully saturated rings. The maximum Gasteiger partial charge on any atom is 0.248 e. The molecule has 49 heavy (non-hydrogen) atoms. The lowest BCUT2D eigenvalue weighted by atomic mass is 10.1. The second kappa shape index (κ2) is 14.5. The van der Waals surface area contributed by atoms with Gasteiger partial charge in [-0.05, 0) is 97.1 Å². The Labute approximate surface area is 291 Å². The molecule has 2 aliphatic heterocycles. The quantitative estimate of drug-likeness (QED) is 0.187. The number of rotatable bonds is 10. The van der Waals surface area contributed by atoms with Crippen LogP contribution in [-0.2, 0) is 32.0 Å². The number of benzene rings is 2. The normalized spacial score (nSPS) is 17.3. The number of nitrogens with one attached hydrogen (secondary N) is 2. The molecule has 250 valence electrons. The molecule has 0 aliphatic carbocycles. The first-order valence-electron chi connectivity index (χ1n) is 16.2. The average Bonchev–Trinajstić information content (AvgIpc) is 3.95. The predicted molar refractivity (Wildman–Crippen MR) is 188 cm³/mol. The van der Waals surface area contributed by atoms with Crippen LogP contribution in [0.3, 0.4) is 0 Å². The molecule has 11 nitrogen and oxygen atoms in total. The number of nitrogens with zero attached hydrogens (tertiary/aromatic N) is 4. The molecule has 2 saturated heterocycles. The maximum absolute atomic E-state index is 13.1. The molecule has 0 saturated carbocycles. The van der Waals surface area contributed by atoms with Gasteiger partial charge >= 0.3 is 0 Å². The van der Waals surface area contributed by atoms with Gasteiger partial charge in [-0.15, -0.1) is 32.9 Å². The van der Waals surface area contributed by atoms with Gasteiger partial charge in [0.25, 0.3) is 0 Å². The van der Waals surface area contributed by atoms with Crippen LogP contribution in [0.1, 0.15) is 35.4 Å². The highest BCUT2D eigenvalue weighted by Gasteiger charge is 2.35. The van der Waals surface area contributed by atoms with Crippen molar-refractivity contribution in [2.24, 2.45) is 0 Å². The summed E-state index contributed by atoms with van der Waals surface area (Å²) >= 11 is 3.08. The number of thiophene rings is 2. The number of anilines is 2. The lowest BCUT2D eigenvalue weighted by Gasteiger charge is -2.24. The van der Waals surface area contributed by atoms with Crippen LogP contribution in [0.15, 0.2) is 88.0 Å². The monoisotopic (exact) mass is 694 g/mol. The molecule has 0 unspecified atom stereocenters. The van der Waals surface area contributed by atoms with Gasteiger partial charge in [0.2, 0.25) is 35.4 Å². The van der Waals surface area contributed by atoms with E-state index in [1.54, 1.807) is 81.0 Å². The SMILES string of the molecule is O=C(Nc1ccc(-c2nnc(-c3ccc(NC(=O)[C@@H]4CCCN4C(=O)Cc4cccs4)cc3)o2)cc1)[C@@H]1CCCN1C(=O)Cc1cccs1. The highest BCUT2D eigenvalue weighted by atomic mass is 32.1. The third-order valence-electron chi connectivity index (χ3n) is 8.79. The van der Waals surface area contributed by atoms with Crippen molar-refractivity contribution in [3.63, 3.8) is 0 Å². The van der Waals surface area contributed by atoms with E-state index < -0.39 is 12.1 Å². The van der Waals surface area contributed by atoms with Crippen molar-refractivity contribution in [1.29, 1.82) is 0 Å². The second-order valence-corrected chi connectivity index (χ2v) is 14.1. The Balaban J connectivity index is 0.931. The standard InChI is InChI=1S/C36H34N6O5S2/c43-31(21-27-5-3-19-48-27)41-17-1-7-29(41)33(45)37-25-13-9-23(10-14-25)35-39-40-36(47-35)24-11-15-26(16-12-24)38-34(46)30-8-2-18-42(30)32(44)22-28-6-4-20-49-28/h3-6,9-16,19-20,29-30H,1-2,7-8,17-18,21-22H2,(H,37,45)(H,38,46)/t29-,30-/m0/s1. The molecule has 3 aromatic heterocycles. The maximum atomic E-state index is 13.1. The predicted octanol–water partition coefficient (Wildman–Crippen LogP) is 5.87. The third-order valence-corrected chi connectivity index (χ3v) is 10.5. The van der Waals surface area contributed by atoms with E-state index in [9.17, 15) is 19.2 Å². The fraction of sp³-hybridized carbons (Fsp3) is 0.278. The highest BCUT2D eigenvalue weighted by molar-refractivity contribution is 7.10. The van der Waals surface area contributed by atoms with Crippen LogP contribution in [-0.4, -0.2) is 68.8 Å². The van der Waals surface area contributed by atoms with Crippen molar-refractivity contribution in [2.45, 2.75) is 50.6 Å². The average molecular weight is 695 g/mol. The van der Waals surface area contributed by atoms with Crippen LogP contribution in [0.4, 0.5) is 11.4 Å². The van der Waals surface area contributed by atoms with E-state index in [2.05, 4.69) is 20.8 Å². The van der Waals surface area contributed by atoms with Gasteiger partial charge in [-0.2, -0.15) is 0 Å². The molecule has 13 heteroatoms. The minimum atomic E-state index is -0.492. The van der Waals surface area contributed by atoms with Crippen molar-refractivity contribution in [1.82, 2.24) is 20.0 Å². The van der Waals surface area contributed by atoms with E-state index in [4.69, 9.17) is 4.42 Å². The zero-order chi connectivity index (χ0) is 33.7. The Bertz CT molecular complexity index is 1780. The summed E-state index contributed by atoms with van der Waals surface area (Å²) in [6, 6.07) is 20.9. The van der Waals surface area contributed by atoms with E-state index in [1.165, 1.54) is 0 Å². The zero-order valence-electron chi connectivity index (χ0n) is 26.5. The summed E-state index contributed by atoms with van der Waals surface area (Å²) in [5.74, 6) is 0.174. The first kappa shape index (κ1) is 32.4. The highest BCUT2D eigenvalue weighted by Crippen LogP contribution is 2.28. The van der Waals surface area contributed by atoms with E-state index in [-0.39, 0.29) is 23.6 Å². The van der Waals surface area contributed by atoms with Gasteiger partial charge in [-0.1, -0.05) is 12.1 Å². The Morgan fingerprint density at radius 1 is 0.653 bits per heavy atom. The van der Waals surface area contributed by atoms with Gasteiger partial charge in [0.15, 0.2) is 0 Å². The molecule has 2 atom stereocenters. The van der Waals surface area contributed by atoms with Crippen LogP contribution < -0.4 is 10.6 Å². The molecule has 7 rings (SSSR count). The summed E-state index contributed by atoms with van der Waals surface area (Å²) in [6.45, 7) is 1.16. The molecule has 2 aliphatic rings. The van der Waals surface area contributed by atoms with Gasteiger partial charge < -0.3 is 24.9 Å². The summed E-state index contributed by atoms with van der Waals surface area (Å²) in [7, 11) is 0. The van der Waals surface area contributed by atoms with Crippen molar-refractivity contribution in [3.05, 3.63) is 93.3 Å². The lowest BCUT2D eigenvalue weighted by molar-refractivity contribution is -0.136. The summed E-state index contributed by atoms with van der Waals surface area (Å²) in [4.78, 5) is 57.3. The Hall–Kier alpha value is -5.14. The molecule has 2 aromatic carbocycles. The fourth-order valence-electron chi connectivity index (χ4n) is 6.30. The molecular formula is C36H34N6O5S2. The number of carbonyl (C=O) groups excluding carboxylic acids is 4. The third kappa shape index (κ3) is 7.47. The lowest BCUT2D eigenvalue weighted by Crippen LogP contribution is -2.43. The van der Waals surface area contributed by atoms with Crippen LogP contribution in [0.25, 0.3) is 22.9 Å². The summed E-state index contributed by atoms with van der Waals surface area (Å²) in [6.07, 6.45) is 3.47.